The Morgan fingerprint density at radius 2 is 1.94 bits per heavy atom. The lowest BCUT2D eigenvalue weighted by atomic mass is 9.92. The summed E-state index contributed by atoms with van der Waals surface area (Å²) in [6, 6.07) is 1.28. The van der Waals surface area contributed by atoms with Gasteiger partial charge in [0.1, 0.15) is 23.8 Å². The number of nitrogen functional groups attached to an aromatic ring is 1. The monoisotopic (exact) mass is 505 g/mol. The van der Waals surface area contributed by atoms with Crippen molar-refractivity contribution < 1.29 is 56.3 Å². The zero-order chi connectivity index (χ0) is 23.7. The molecule has 1 fully saturated rings. The Morgan fingerprint density at radius 3 is 2.48 bits per heavy atom. The highest BCUT2D eigenvalue weighted by Crippen LogP contribution is 2.66. The largest absolute Gasteiger partial charge is 0.490 e. The second-order valence-electron chi connectivity index (χ2n) is 6.20. The Balaban J connectivity index is 2.15. The van der Waals surface area contributed by atoms with Crippen molar-refractivity contribution in [3.05, 3.63) is 22.7 Å². The van der Waals surface area contributed by atoms with Crippen molar-refractivity contribution in [1.29, 1.82) is 0 Å². The van der Waals surface area contributed by atoms with E-state index in [4.69, 9.17) is 31.6 Å². The molecule has 0 amide bonds. The van der Waals surface area contributed by atoms with Crippen LogP contribution in [0.25, 0.3) is 0 Å². The van der Waals surface area contributed by atoms with Gasteiger partial charge in [0.25, 0.3) is 0 Å². The molecule has 0 aliphatic carbocycles. The van der Waals surface area contributed by atoms with Crippen LogP contribution in [0.15, 0.2) is 17.1 Å². The smallest absolute Gasteiger partial charge is 0.386 e. The maximum absolute atomic E-state index is 12.0. The molecule has 0 aromatic carbocycles. The number of aromatic nitrogens is 2. The number of ether oxygens (including phenoxy) is 1. The molecule has 1 aliphatic rings. The molecule has 1 saturated heterocycles. The lowest BCUT2D eigenvalue weighted by molar-refractivity contribution is -0.0789. The topological polar surface area (TPSA) is 250 Å². The van der Waals surface area contributed by atoms with E-state index < -0.39 is 53.7 Å². The first-order chi connectivity index (χ1) is 14.1. The molecule has 0 radical (unpaired) electrons. The highest BCUT2D eigenvalue weighted by molar-refractivity contribution is 7.66. The summed E-state index contributed by atoms with van der Waals surface area (Å²) >= 11 is 0. The van der Waals surface area contributed by atoms with Gasteiger partial charge in [-0.25, -0.2) is 18.5 Å². The van der Waals surface area contributed by atoms with Crippen molar-refractivity contribution >= 4 is 29.3 Å². The quantitative estimate of drug-likeness (QED) is 0.178. The summed E-state index contributed by atoms with van der Waals surface area (Å²) < 4.78 is 52.0. The normalized spacial score (nSPS) is 27.9. The molecule has 16 nitrogen and oxygen atoms in total. The lowest BCUT2D eigenvalue weighted by Crippen LogP contribution is -2.40. The fourth-order valence-electron chi connectivity index (χ4n) is 2.63. The molecule has 31 heavy (non-hydrogen) atoms. The summed E-state index contributed by atoms with van der Waals surface area (Å²) in [5.74, 6) is 2.11. The van der Waals surface area contributed by atoms with Gasteiger partial charge in [-0.2, -0.15) is 13.6 Å². The summed E-state index contributed by atoms with van der Waals surface area (Å²) in [5, 5.41) is 10.8. The number of hydrogen-bond acceptors (Lipinski definition) is 11. The number of rotatable bonds is 9. The van der Waals surface area contributed by atoms with Gasteiger partial charge in [0.15, 0.2) is 0 Å². The molecule has 0 spiro atoms. The van der Waals surface area contributed by atoms with Crippen molar-refractivity contribution in [1.82, 2.24) is 9.55 Å². The van der Waals surface area contributed by atoms with Gasteiger partial charge in [0.05, 0.1) is 6.61 Å². The fraction of sp³-hybridized carbons (Fsp3) is 0.500. The van der Waals surface area contributed by atoms with Gasteiger partial charge in [0.2, 0.25) is 0 Å². The average molecular weight is 505 g/mol. The minimum absolute atomic E-state index is 0.0673. The van der Waals surface area contributed by atoms with E-state index in [9.17, 15) is 28.5 Å². The van der Waals surface area contributed by atoms with Crippen LogP contribution in [-0.4, -0.2) is 52.5 Å². The zero-order valence-corrected chi connectivity index (χ0v) is 18.0. The van der Waals surface area contributed by atoms with Gasteiger partial charge < -0.3 is 35.2 Å². The molecular formula is C12H18N3O13P3. The van der Waals surface area contributed by atoms with Crippen LogP contribution < -0.4 is 11.4 Å². The second-order valence-corrected chi connectivity index (χ2v) is 10.6. The maximum Gasteiger partial charge on any atom is 0.490 e. The number of phosphoric acid groups is 3. The number of phosphoric ester groups is 1. The molecule has 2 unspecified atom stereocenters. The van der Waals surface area contributed by atoms with Gasteiger partial charge >= 0.3 is 29.2 Å². The Bertz CT molecular complexity index is 1060. The second kappa shape index (κ2) is 9.21. The number of nitrogens with two attached hydrogens (primary N) is 1. The number of nitrogens with zero attached hydrogens (tertiary/aromatic N) is 2. The third-order valence-corrected chi connectivity index (χ3v) is 7.63. The third kappa shape index (κ3) is 7.30. The highest BCUT2D eigenvalue weighted by atomic mass is 31.3. The van der Waals surface area contributed by atoms with Crippen LogP contribution in [0.4, 0.5) is 5.82 Å². The predicted molar refractivity (Wildman–Crippen MR) is 99.7 cm³/mol. The van der Waals surface area contributed by atoms with Crippen molar-refractivity contribution in [2.75, 3.05) is 12.3 Å². The first kappa shape index (κ1) is 25.8. The summed E-state index contributed by atoms with van der Waals surface area (Å²) in [6.45, 7) is -0.949. The summed E-state index contributed by atoms with van der Waals surface area (Å²) in [7, 11) is -16.7. The Morgan fingerprint density at radius 1 is 1.29 bits per heavy atom. The van der Waals surface area contributed by atoms with Crippen molar-refractivity contribution in [2.24, 2.45) is 0 Å². The van der Waals surface area contributed by atoms with Crippen LogP contribution in [0.2, 0.25) is 0 Å². The molecule has 0 bridgehead atoms. The van der Waals surface area contributed by atoms with E-state index in [1.54, 1.807) is 0 Å². The summed E-state index contributed by atoms with van der Waals surface area (Å²) in [6.07, 6.45) is 3.27. The van der Waals surface area contributed by atoms with Crippen molar-refractivity contribution in [3.63, 3.8) is 0 Å². The van der Waals surface area contributed by atoms with E-state index in [2.05, 4.69) is 24.0 Å². The van der Waals surface area contributed by atoms with E-state index >= 15 is 0 Å². The molecule has 1 aliphatic heterocycles. The SMILES string of the molecule is C#CC[C@]1(O)C[C@H](n2ccc(N)nc2=O)O[C@@H]1COP(=O)(O)OP(=O)(O)OP(=O)(O)O. The van der Waals surface area contributed by atoms with E-state index in [-0.39, 0.29) is 18.7 Å². The summed E-state index contributed by atoms with van der Waals surface area (Å²) in [4.78, 5) is 51.2. The molecule has 2 heterocycles. The first-order valence-corrected chi connectivity index (χ1v) is 12.5. The van der Waals surface area contributed by atoms with Crippen LogP contribution in [-0.2, 0) is 31.6 Å². The predicted octanol–water partition coefficient (Wildman–Crippen LogP) is -0.789. The number of hydrogen-bond donors (Lipinski definition) is 6. The number of anilines is 1. The third-order valence-electron chi connectivity index (χ3n) is 3.82. The molecule has 1 aromatic heterocycles. The molecule has 0 saturated carbocycles. The van der Waals surface area contributed by atoms with Crippen LogP contribution >= 0.6 is 23.5 Å². The summed E-state index contributed by atoms with van der Waals surface area (Å²) in [5.41, 5.74) is 2.71. The van der Waals surface area contributed by atoms with E-state index in [1.807, 2.05) is 0 Å². The van der Waals surface area contributed by atoms with Gasteiger partial charge in [-0.1, -0.05) is 0 Å². The molecule has 1 aromatic rings. The number of terminal acetylenes is 1. The van der Waals surface area contributed by atoms with Crippen LogP contribution in [0.1, 0.15) is 19.1 Å². The van der Waals surface area contributed by atoms with Crippen LogP contribution in [0.5, 0.6) is 0 Å². The van der Waals surface area contributed by atoms with Gasteiger partial charge in [-0.3, -0.25) is 9.09 Å². The first-order valence-electron chi connectivity index (χ1n) is 8.00. The highest BCUT2D eigenvalue weighted by Gasteiger charge is 2.49. The van der Waals surface area contributed by atoms with Crippen LogP contribution in [0, 0.1) is 12.3 Å². The van der Waals surface area contributed by atoms with E-state index in [0.717, 1.165) is 4.57 Å². The molecule has 5 atom stereocenters. The molecular weight excluding hydrogens is 487 g/mol. The van der Waals surface area contributed by atoms with Crippen LogP contribution in [0.3, 0.4) is 0 Å². The maximum atomic E-state index is 12.0. The van der Waals surface area contributed by atoms with E-state index in [1.165, 1.54) is 12.3 Å². The lowest BCUT2D eigenvalue weighted by Gasteiger charge is -2.26. The minimum atomic E-state index is -5.72. The van der Waals surface area contributed by atoms with Gasteiger partial charge in [0, 0.05) is 19.0 Å². The van der Waals surface area contributed by atoms with Crippen molar-refractivity contribution in [2.45, 2.75) is 30.8 Å². The molecule has 174 valence electrons. The minimum Gasteiger partial charge on any atom is -0.386 e. The zero-order valence-electron chi connectivity index (χ0n) is 15.3. The molecule has 19 heteroatoms. The Kier molecular flexibility index (Phi) is 7.67. The molecule has 7 N–H and O–H groups in total. The Labute approximate surface area is 174 Å². The standard InChI is InChI=1S/C12H18N3O13P3/c1-2-4-12(17)6-10(15-5-3-9(13)14-11(15)16)26-8(12)7-25-30(21,22)28-31(23,24)27-29(18,19)20/h1,3,5,8,10,17H,4,6-7H2,(H,21,22)(H,23,24)(H2,13,14,16)(H2,18,19,20)/t8-,10-,12+/m1/s1. The Hall–Kier alpha value is -1.43. The van der Waals surface area contributed by atoms with Crippen molar-refractivity contribution in [3.8, 4) is 12.3 Å². The average Bonchev–Trinajstić information content (AvgIpc) is 2.86. The number of aliphatic hydroxyl groups is 1. The van der Waals surface area contributed by atoms with E-state index in [0.29, 0.717) is 0 Å². The van der Waals surface area contributed by atoms with Gasteiger partial charge in [-0.15, -0.1) is 12.3 Å². The van der Waals surface area contributed by atoms with Gasteiger partial charge in [-0.05, 0) is 6.07 Å². The molecule has 2 rings (SSSR count). The fourth-order valence-corrected chi connectivity index (χ4v) is 5.65.